The van der Waals surface area contributed by atoms with Crippen LogP contribution >= 0.6 is 11.6 Å². The minimum Gasteiger partial charge on any atom is -0.464 e. The molecule has 29 heavy (non-hydrogen) atoms. The lowest BCUT2D eigenvalue weighted by Crippen LogP contribution is -2.42. The molecule has 1 aliphatic carbocycles. The second-order valence-electron chi connectivity index (χ2n) is 7.61. The number of ether oxygens (including phenoxy) is 2. The maximum Gasteiger partial charge on any atom is 0.343 e. The maximum atomic E-state index is 12.9. The van der Waals surface area contributed by atoms with E-state index in [1.807, 2.05) is 13.0 Å². The minimum absolute atomic E-state index is 0.0545. The number of rotatable bonds is 5. The highest BCUT2D eigenvalue weighted by molar-refractivity contribution is 6.46. The number of hydrogen-bond acceptors (Lipinski definition) is 5. The monoisotopic (exact) mass is 414 g/mol. The van der Waals surface area contributed by atoms with Crippen LogP contribution in [0.25, 0.3) is 0 Å². The van der Waals surface area contributed by atoms with Crippen molar-refractivity contribution in [2.24, 2.45) is 5.92 Å². The van der Waals surface area contributed by atoms with Crippen LogP contribution in [-0.4, -0.2) is 23.1 Å². The van der Waals surface area contributed by atoms with E-state index in [0.717, 1.165) is 12.0 Å². The number of Topliss-reactive ketones (excluding diaryl/α,β-unsaturated/α-hetero) is 2. The van der Waals surface area contributed by atoms with Crippen LogP contribution in [0, 0.1) is 5.92 Å². The second-order valence-corrected chi connectivity index (χ2v) is 7.99. The van der Waals surface area contributed by atoms with Crippen molar-refractivity contribution in [1.82, 2.24) is 0 Å². The van der Waals surface area contributed by atoms with Gasteiger partial charge in [0.15, 0.2) is 11.4 Å². The molecule has 0 saturated carbocycles. The van der Waals surface area contributed by atoms with Crippen molar-refractivity contribution in [3.05, 3.63) is 69.2 Å². The fourth-order valence-electron chi connectivity index (χ4n) is 3.57. The average molecular weight is 415 g/mol. The molecule has 6 heteroatoms. The Morgan fingerprint density at radius 1 is 1.31 bits per heavy atom. The van der Waals surface area contributed by atoms with Gasteiger partial charge in [-0.2, -0.15) is 0 Å². The summed E-state index contributed by atoms with van der Waals surface area (Å²) in [5.41, 5.74) is 0.365. The Bertz CT molecular complexity index is 1000. The lowest BCUT2D eigenvalue weighted by atomic mass is 9.75. The van der Waals surface area contributed by atoms with Gasteiger partial charge in [0.25, 0.3) is 0 Å². The average Bonchev–Trinajstić information content (AvgIpc) is 2.96. The van der Waals surface area contributed by atoms with Gasteiger partial charge in [-0.1, -0.05) is 49.6 Å². The van der Waals surface area contributed by atoms with Gasteiger partial charge in [-0.3, -0.25) is 9.59 Å². The van der Waals surface area contributed by atoms with Crippen LogP contribution in [0.15, 0.2) is 69.2 Å². The van der Waals surface area contributed by atoms with E-state index in [-0.39, 0.29) is 16.2 Å². The zero-order valence-electron chi connectivity index (χ0n) is 17.1. The van der Waals surface area contributed by atoms with Crippen molar-refractivity contribution in [2.45, 2.75) is 46.6 Å². The highest BCUT2D eigenvalue weighted by Gasteiger charge is 2.56. The van der Waals surface area contributed by atoms with E-state index in [0.29, 0.717) is 22.8 Å². The van der Waals surface area contributed by atoms with Crippen molar-refractivity contribution < 1.29 is 23.9 Å². The van der Waals surface area contributed by atoms with Gasteiger partial charge in [-0.25, -0.2) is 4.79 Å². The molecule has 0 aromatic rings. The quantitative estimate of drug-likeness (QED) is 0.373. The van der Waals surface area contributed by atoms with Crippen molar-refractivity contribution in [2.75, 3.05) is 0 Å². The third-order valence-corrected chi connectivity index (χ3v) is 5.69. The molecule has 0 radical (unpaired) electrons. The number of hydrogen-bond donors (Lipinski definition) is 0. The standard InChI is InChI=1S/C23H23ClO5/c1-6-12(2)9-13(3)7-8-15-10-16-17(11-28-15)19-18(14(4)25)22(27)29-23(19,5)21(26)20(16)24/h7-12H,6H2,1-5H3/b8-7+,13-9+/t12?,23-/m1/s1. The van der Waals surface area contributed by atoms with E-state index < -0.39 is 23.1 Å². The van der Waals surface area contributed by atoms with Crippen LogP contribution in [0.5, 0.6) is 0 Å². The molecule has 0 saturated heterocycles. The number of carbonyl (C=O) groups is 3. The van der Waals surface area contributed by atoms with E-state index in [2.05, 4.69) is 19.9 Å². The summed E-state index contributed by atoms with van der Waals surface area (Å²) in [5.74, 6) is -0.892. The van der Waals surface area contributed by atoms with Crippen molar-refractivity contribution in [1.29, 1.82) is 0 Å². The number of ketones is 2. The van der Waals surface area contributed by atoms with Crippen molar-refractivity contribution in [3.8, 4) is 0 Å². The molecule has 2 heterocycles. The molecule has 0 aromatic heterocycles. The normalized spacial score (nSPS) is 25.4. The molecule has 0 aromatic carbocycles. The maximum absolute atomic E-state index is 12.9. The molecule has 5 nitrogen and oxygen atoms in total. The lowest BCUT2D eigenvalue weighted by molar-refractivity contribution is -0.153. The minimum atomic E-state index is -1.62. The Hall–Kier alpha value is -2.66. The SMILES string of the molecule is CCC(C)/C=C(C)/C=C/C1=CC2=C(Cl)C(=O)[C@]3(C)OC(=O)C(C(C)=O)=C3C2=CO1. The van der Waals surface area contributed by atoms with E-state index in [4.69, 9.17) is 21.1 Å². The van der Waals surface area contributed by atoms with Crippen molar-refractivity contribution >= 4 is 29.1 Å². The van der Waals surface area contributed by atoms with E-state index in [1.54, 1.807) is 12.2 Å². The Balaban J connectivity index is 2.04. The number of fused-ring (bicyclic) bond motifs is 3. The Morgan fingerprint density at radius 2 is 2.00 bits per heavy atom. The summed E-state index contributed by atoms with van der Waals surface area (Å²) in [4.78, 5) is 37.2. The predicted octanol–water partition coefficient (Wildman–Crippen LogP) is 4.61. The van der Waals surface area contributed by atoms with Gasteiger partial charge >= 0.3 is 5.97 Å². The second kappa shape index (κ2) is 7.64. The number of carbonyl (C=O) groups excluding carboxylic acids is 3. The molecule has 1 unspecified atom stereocenters. The van der Waals surface area contributed by atoms with E-state index >= 15 is 0 Å². The van der Waals surface area contributed by atoms with Gasteiger partial charge in [0.2, 0.25) is 5.78 Å². The van der Waals surface area contributed by atoms with Crippen LogP contribution in [0.4, 0.5) is 0 Å². The summed E-state index contributed by atoms with van der Waals surface area (Å²) in [6.07, 6.45) is 9.96. The largest absolute Gasteiger partial charge is 0.464 e. The molecule has 152 valence electrons. The fraction of sp³-hybridized carbons (Fsp3) is 0.348. The third-order valence-electron chi connectivity index (χ3n) is 5.31. The molecule has 0 spiro atoms. The van der Waals surface area contributed by atoms with Crippen LogP contribution in [0.3, 0.4) is 0 Å². The molecule has 2 atom stereocenters. The van der Waals surface area contributed by atoms with Gasteiger partial charge in [-0.15, -0.1) is 0 Å². The highest BCUT2D eigenvalue weighted by Crippen LogP contribution is 2.49. The summed E-state index contributed by atoms with van der Waals surface area (Å²) >= 11 is 6.34. The summed E-state index contributed by atoms with van der Waals surface area (Å²) in [7, 11) is 0. The van der Waals surface area contributed by atoms with Gasteiger partial charge in [0.05, 0.1) is 11.3 Å². The van der Waals surface area contributed by atoms with Crippen molar-refractivity contribution in [3.63, 3.8) is 0 Å². The van der Waals surface area contributed by atoms with Gasteiger partial charge in [0.1, 0.15) is 11.3 Å². The zero-order chi connectivity index (χ0) is 21.5. The van der Waals surface area contributed by atoms with Crippen LogP contribution in [0.2, 0.25) is 0 Å². The first-order chi connectivity index (χ1) is 13.6. The first-order valence-electron chi connectivity index (χ1n) is 9.49. The summed E-state index contributed by atoms with van der Waals surface area (Å²) in [5, 5.41) is -0.0545. The third kappa shape index (κ3) is 3.55. The Morgan fingerprint density at radius 3 is 2.62 bits per heavy atom. The summed E-state index contributed by atoms with van der Waals surface area (Å²) < 4.78 is 11.0. The molecule has 0 bridgehead atoms. The van der Waals surface area contributed by atoms with E-state index in [1.165, 1.54) is 20.1 Å². The van der Waals surface area contributed by atoms with Gasteiger partial charge in [0, 0.05) is 16.7 Å². The molecule has 0 amide bonds. The molecular weight excluding hydrogens is 392 g/mol. The van der Waals surface area contributed by atoms with Crippen LogP contribution in [-0.2, 0) is 23.9 Å². The Kier molecular flexibility index (Phi) is 5.54. The van der Waals surface area contributed by atoms with Crippen LogP contribution < -0.4 is 0 Å². The Labute approximate surface area is 175 Å². The van der Waals surface area contributed by atoms with Gasteiger partial charge in [-0.05, 0) is 38.8 Å². The topological polar surface area (TPSA) is 69.7 Å². The first kappa shape index (κ1) is 21.1. The van der Waals surface area contributed by atoms with Gasteiger partial charge < -0.3 is 9.47 Å². The summed E-state index contributed by atoms with van der Waals surface area (Å²) in [6.45, 7) is 8.98. The summed E-state index contributed by atoms with van der Waals surface area (Å²) in [6, 6.07) is 0. The molecule has 3 aliphatic rings. The lowest BCUT2D eigenvalue weighted by Gasteiger charge is -2.32. The highest BCUT2D eigenvalue weighted by atomic mass is 35.5. The number of halogens is 1. The predicted molar refractivity (Wildman–Crippen MR) is 110 cm³/mol. The zero-order valence-corrected chi connectivity index (χ0v) is 17.8. The molecule has 0 fully saturated rings. The molecule has 0 N–H and O–H groups in total. The van der Waals surface area contributed by atoms with Crippen LogP contribution in [0.1, 0.15) is 41.0 Å². The molecule has 3 rings (SSSR count). The number of esters is 1. The fourth-order valence-corrected chi connectivity index (χ4v) is 3.91. The number of allylic oxidation sites excluding steroid dienone is 6. The molecule has 2 aliphatic heterocycles. The smallest absolute Gasteiger partial charge is 0.343 e. The first-order valence-corrected chi connectivity index (χ1v) is 9.87. The molecular formula is C23H23ClO5. The van der Waals surface area contributed by atoms with E-state index in [9.17, 15) is 14.4 Å².